The van der Waals surface area contributed by atoms with Crippen LogP contribution in [0, 0.1) is 0 Å². The highest BCUT2D eigenvalue weighted by molar-refractivity contribution is 7.23. The third kappa shape index (κ3) is 4.72. The lowest BCUT2D eigenvalue weighted by atomic mass is 9.92. The fraction of sp³-hybridized carbons (Fsp3) is 0.407. The molecule has 208 valence electrons. The lowest BCUT2D eigenvalue weighted by Crippen LogP contribution is -2.36. The minimum atomic E-state index is -0.423. The van der Waals surface area contributed by atoms with Crippen molar-refractivity contribution >= 4 is 60.5 Å². The minimum Gasteiger partial charge on any atom is -0.459 e. The second kappa shape index (κ2) is 10.5. The molecule has 0 spiro atoms. The van der Waals surface area contributed by atoms with Crippen molar-refractivity contribution in [3.8, 4) is 10.6 Å². The molecule has 2 aliphatic heterocycles. The molecule has 2 atom stereocenters. The second-order valence-corrected chi connectivity index (χ2v) is 12.2. The minimum absolute atomic E-state index is 0.0731. The van der Waals surface area contributed by atoms with Crippen LogP contribution in [0.4, 0.5) is 21.6 Å². The number of aromatic nitrogens is 2. The van der Waals surface area contributed by atoms with Gasteiger partial charge >= 0.3 is 0 Å². The molecular formula is C27H28N6O5S2. The van der Waals surface area contributed by atoms with E-state index in [1.54, 1.807) is 18.5 Å². The molecule has 1 saturated heterocycles. The number of carbonyl (C=O) groups is 1. The van der Waals surface area contributed by atoms with Crippen LogP contribution >= 0.6 is 22.7 Å². The molecule has 6 heterocycles. The number of aliphatic hydroxyl groups excluding tert-OH is 1. The quantitative estimate of drug-likeness (QED) is 0.265. The van der Waals surface area contributed by atoms with Gasteiger partial charge in [0.15, 0.2) is 5.58 Å². The lowest BCUT2D eigenvalue weighted by molar-refractivity contribution is 0.0966. The Labute approximate surface area is 237 Å². The molecule has 4 aromatic rings. The first-order valence-electron chi connectivity index (χ1n) is 13.4. The number of nitrogens with zero attached hydrogens (tertiary/aromatic N) is 3. The van der Waals surface area contributed by atoms with Gasteiger partial charge in [-0.05, 0) is 24.5 Å². The van der Waals surface area contributed by atoms with Crippen LogP contribution in [-0.2, 0) is 11.3 Å². The Balaban J connectivity index is 1.19. The number of carbonyl (C=O) groups excluding carboxylic acids is 1. The molecule has 7 rings (SSSR count). The molecule has 0 unspecified atom stereocenters. The lowest BCUT2D eigenvalue weighted by Gasteiger charge is -2.29. The number of aliphatic hydroxyl groups is 1. The standard InChI is InChI=1S/C27H28N6O5S2/c34-17-4-2-1-3-16(17)30-19-9-14-11-28-26(36)22(14)25(31-19)32-20-12-29-27(39-20)15-13-38-23-18(35)10-21(40-24(15)23)33-5-7-37-8-6-33/h9-10,12-13,16-17,34H,1-8,11H2,(H,28,36)(H2,30,31,32)/t16-,17+/m1/s1. The Hall–Kier alpha value is -3.52. The fourth-order valence-corrected chi connectivity index (χ4v) is 7.55. The highest BCUT2D eigenvalue weighted by atomic mass is 32.1. The zero-order valence-electron chi connectivity index (χ0n) is 21.6. The number of fused-ring (bicyclic) bond motifs is 2. The van der Waals surface area contributed by atoms with E-state index in [2.05, 4.69) is 25.8 Å². The molecule has 11 nitrogen and oxygen atoms in total. The second-order valence-electron chi connectivity index (χ2n) is 10.2. The molecule has 0 radical (unpaired) electrons. The summed E-state index contributed by atoms with van der Waals surface area (Å²) in [6, 6.07) is 3.44. The van der Waals surface area contributed by atoms with E-state index in [1.165, 1.54) is 22.7 Å². The van der Waals surface area contributed by atoms with Gasteiger partial charge in [0.1, 0.15) is 27.9 Å². The number of morpholine rings is 1. The van der Waals surface area contributed by atoms with Crippen LogP contribution in [0.2, 0.25) is 0 Å². The SMILES string of the molecule is O=C1NCc2cc(N[C@@H]3CCCC[C@@H]3O)nc(Nc3cnc(-c4coc5c(=O)cc(N6CCOCC6)sc45)s3)c21. The molecule has 3 aliphatic rings. The molecule has 1 saturated carbocycles. The number of rotatable bonds is 6. The number of furan rings is 1. The van der Waals surface area contributed by atoms with E-state index in [0.717, 1.165) is 59.6 Å². The van der Waals surface area contributed by atoms with Crippen molar-refractivity contribution in [3.63, 3.8) is 0 Å². The molecule has 4 aromatic heterocycles. The van der Waals surface area contributed by atoms with Gasteiger partial charge < -0.3 is 35.1 Å². The number of anilines is 4. The van der Waals surface area contributed by atoms with E-state index in [-0.39, 0.29) is 17.4 Å². The normalized spacial score (nSPS) is 20.9. The number of thiazole rings is 1. The largest absolute Gasteiger partial charge is 0.459 e. The first-order chi connectivity index (χ1) is 19.5. The van der Waals surface area contributed by atoms with Gasteiger partial charge in [-0.3, -0.25) is 9.59 Å². The maximum absolute atomic E-state index is 12.8. The van der Waals surface area contributed by atoms with E-state index < -0.39 is 6.10 Å². The van der Waals surface area contributed by atoms with Crippen molar-refractivity contribution in [1.82, 2.24) is 15.3 Å². The predicted molar refractivity (Wildman–Crippen MR) is 155 cm³/mol. The molecule has 1 aliphatic carbocycles. The maximum atomic E-state index is 12.8. The van der Waals surface area contributed by atoms with Crippen molar-refractivity contribution < 1.29 is 19.1 Å². The molecule has 1 amide bonds. The number of amides is 1. The Bertz CT molecular complexity index is 1640. The summed E-state index contributed by atoms with van der Waals surface area (Å²) >= 11 is 2.91. The van der Waals surface area contributed by atoms with Crippen LogP contribution < -0.4 is 26.3 Å². The first-order valence-corrected chi connectivity index (χ1v) is 15.0. The van der Waals surface area contributed by atoms with Gasteiger partial charge in [-0.1, -0.05) is 24.2 Å². The summed E-state index contributed by atoms with van der Waals surface area (Å²) in [6.07, 6.45) is 6.57. The summed E-state index contributed by atoms with van der Waals surface area (Å²) in [5.41, 5.74) is 2.27. The average molecular weight is 581 g/mol. The van der Waals surface area contributed by atoms with Crippen LogP contribution in [0.1, 0.15) is 41.6 Å². The van der Waals surface area contributed by atoms with Gasteiger partial charge in [-0.25, -0.2) is 9.97 Å². The van der Waals surface area contributed by atoms with E-state index in [1.807, 2.05) is 6.07 Å². The zero-order valence-corrected chi connectivity index (χ0v) is 23.2. The first kappa shape index (κ1) is 25.4. The van der Waals surface area contributed by atoms with Crippen LogP contribution in [0.5, 0.6) is 0 Å². The van der Waals surface area contributed by atoms with E-state index in [0.29, 0.717) is 52.5 Å². The molecule has 13 heteroatoms. The highest BCUT2D eigenvalue weighted by Crippen LogP contribution is 2.40. The van der Waals surface area contributed by atoms with Crippen LogP contribution in [0.25, 0.3) is 20.9 Å². The monoisotopic (exact) mass is 580 g/mol. The van der Waals surface area contributed by atoms with E-state index in [4.69, 9.17) is 14.1 Å². The summed E-state index contributed by atoms with van der Waals surface area (Å²) in [5.74, 6) is 0.877. The van der Waals surface area contributed by atoms with Gasteiger partial charge in [0.25, 0.3) is 5.91 Å². The summed E-state index contributed by atoms with van der Waals surface area (Å²) in [5, 5.41) is 22.3. The molecule has 4 N–H and O–H groups in total. The smallest absolute Gasteiger partial charge is 0.255 e. The van der Waals surface area contributed by atoms with Crippen LogP contribution in [0.15, 0.2) is 33.8 Å². The van der Waals surface area contributed by atoms with E-state index >= 15 is 0 Å². The number of hydrogen-bond donors (Lipinski definition) is 4. The van der Waals surface area contributed by atoms with Gasteiger partial charge in [0.2, 0.25) is 5.43 Å². The van der Waals surface area contributed by atoms with Crippen LogP contribution in [0.3, 0.4) is 0 Å². The predicted octanol–water partition coefficient (Wildman–Crippen LogP) is 3.91. The fourth-order valence-electron chi connectivity index (χ4n) is 5.48. The Morgan fingerprint density at radius 2 is 1.98 bits per heavy atom. The molecule has 40 heavy (non-hydrogen) atoms. The topological polar surface area (TPSA) is 142 Å². The number of pyridine rings is 1. The summed E-state index contributed by atoms with van der Waals surface area (Å²) in [6.45, 7) is 3.16. The van der Waals surface area contributed by atoms with Gasteiger partial charge in [-0.2, -0.15) is 0 Å². The number of nitrogens with one attached hydrogen (secondary N) is 3. The summed E-state index contributed by atoms with van der Waals surface area (Å²) < 4.78 is 11.9. The van der Waals surface area contributed by atoms with Crippen molar-refractivity contribution in [2.45, 2.75) is 44.4 Å². The van der Waals surface area contributed by atoms with Gasteiger partial charge in [0.05, 0.1) is 52.4 Å². The van der Waals surface area contributed by atoms with Gasteiger partial charge in [0, 0.05) is 25.7 Å². The van der Waals surface area contributed by atoms with Crippen molar-refractivity contribution in [2.75, 3.05) is 41.8 Å². The Kier molecular flexibility index (Phi) is 6.66. The number of hydrogen-bond acceptors (Lipinski definition) is 12. The molecular weight excluding hydrogens is 552 g/mol. The Morgan fingerprint density at radius 1 is 1.12 bits per heavy atom. The summed E-state index contributed by atoms with van der Waals surface area (Å²) in [7, 11) is 0. The zero-order chi connectivity index (χ0) is 27.2. The molecule has 0 bridgehead atoms. The molecule has 0 aromatic carbocycles. The summed E-state index contributed by atoms with van der Waals surface area (Å²) in [4.78, 5) is 37.0. The highest BCUT2D eigenvalue weighted by Gasteiger charge is 2.28. The van der Waals surface area contributed by atoms with Crippen molar-refractivity contribution in [3.05, 3.63) is 45.9 Å². The van der Waals surface area contributed by atoms with Crippen LogP contribution in [-0.4, -0.2) is 59.4 Å². The van der Waals surface area contributed by atoms with Crippen molar-refractivity contribution in [2.24, 2.45) is 0 Å². The number of ether oxygens (including phenoxy) is 1. The third-order valence-corrected chi connectivity index (χ3v) is 9.70. The Morgan fingerprint density at radius 3 is 2.83 bits per heavy atom. The van der Waals surface area contributed by atoms with Gasteiger partial charge in [-0.15, -0.1) is 11.3 Å². The average Bonchev–Trinajstić information content (AvgIpc) is 3.69. The maximum Gasteiger partial charge on any atom is 0.255 e. The molecule has 2 fully saturated rings. The van der Waals surface area contributed by atoms with Crippen molar-refractivity contribution in [1.29, 1.82) is 0 Å². The van der Waals surface area contributed by atoms with E-state index in [9.17, 15) is 14.7 Å². The third-order valence-electron chi connectivity index (χ3n) is 7.56.